The number of benzene rings is 1. The Morgan fingerprint density at radius 2 is 1.94 bits per heavy atom. The maximum Gasteiger partial charge on any atom is 0.573 e. The Morgan fingerprint density at radius 3 is 2.61 bits per heavy atom. The fourth-order valence-corrected chi connectivity index (χ4v) is 3.08. The van der Waals surface area contributed by atoms with Crippen LogP contribution in [0.2, 0.25) is 0 Å². The van der Waals surface area contributed by atoms with Gasteiger partial charge in [0.2, 0.25) is 5.88 Å². The molecule has 0 saturated heterocycles. The zero-order valence-electron chi connectivity index (χ0n) is 16.6. The Morgan fingerprint density at radius 1 is 1.18 bits per heavy atom. The van der Waals surface area contributed by atoms with E-state index in [0.717, 1.165) is 16.7 Å². The highest BCUT2D eigenvalue weighted by molar-refractivity contribution is 6.02. The maximum atomic E-state index is 12.9. The van der Waals surface area contributed by atoms with Crippen LogP contribution in [0.3, 0.4) is 0 Å². The Hall–Kier alpha value is -4.48. The highest BCUT2D eigenvalue weighted by Crippen LogP contribution is 2.25. The molecule has 0 atom stereocenters. The van der Waals surface area contributed by atoms with Gasteiger partial charge in [-0.1, -0.05) is 0 Å². The first-order valence-electron chi connectivity index (χ1n) is 9.36. The molecule has 0 aliphatic carbocycles. The molecule has 0 unspecified atom stereocenters. The number of amides is 1. The fourth-order valence-electron chi connectivity index (χ4n) is 3.08. The van der Waals surface area contributed by atoms with Gasteiger partial charge in [-0.2, -0.15) is 0 Å². The van der Waals surface area contributed by atoms with Crippen molar-refractivity contribution < 1.29 is 32.2 Å². The summed E-state index contributed by atoms with van der Waals surface area (Å²) >= 11 is 0. The lowest BCUT2D eigenvalue weighted by atomic mass is 10.2. The third kappa shape index (κ3) is 4.89. The highest BCUT2D eigenvalue weighted by Gasteiger charge is 2.31. The van der Waals surface area contributed by atoms with E-state index in [-0.39, 0.29) is 18.0 Å². The molecule has 0 aliphatic heterocycles. The third-order valence-electron chi connectivity index (χ3n) is 4.51. The number of ether oxygens (including phenoxy) is 1. The average molecular weight is 460 g/mol. The third-order valence-corrected chi connectivity index (χ3v) is 4.51. The van der Waals surface area contributed by atoms with Gasteiger partial charge in [0.05, 0.1) is 36.6 Å². The summed E-state index contributed by atoms with van der Waals surface area (Å²) in [5.74, 6) is -1.32. The van der Waals surface area contributed by atoms with Gasteiger partial charge >= 0.3 is 12.1 Å². The number of furan rings is 1. The molecule has 3 heterocycles. The molecule has 0 radical (unpaired) electrons. The molecule has 0 fully saturated rings. The Balaban J connectivity index is 1.58. The van der Waals surface area contributed by atoms with Gasteiger partial charge < -0.3 is 19.6 Å². The van der Waals surface area contributed by atoms with E-state index in [1.165, 1.54) is 47.6 Å². The molecule has 1 amide bonds. The number of aromatic nitrogens is 3. The van der Waals surface area contributed by atoms with E-state index in [0.29, 0.717) is 11.3 Å². The lowest BCUT2D eigenvalue weighted by Gasteiger charge is -2.10. The van der Waals surface area contributed by atoms with Crippen molar-refractivity contribution in [1.29, 1.82) is 0 Å². The van der Waals surface area contributed by atoms with Crippen LogP contribution in [0.1, 0.15) is 16.1 Å². The van der Waals surface area contributed by atoms with E-state index in [1.807, 2.05) is 0 Å². The second-order valence-corrected chi connectivity index (χ2v) is 6.74. The number of nitrogens with zero attached hydrogens (tertiary/aromatic N) is 3. The van der Waals surface area contributed by atoms with Crippen molar-refractivity contribution in [2.45, 2.75) is 12.9 Å². The monoisotopic (exact) mass is 460 g/mol. The molecule has 1 aromatic carbocycles. The number of alkyl halides is 3. The van der Waals surface area contributed by atoms with E-state index in [2.05, 4.69) is 15.0 Å². The van der Waals surface area contributed by atoms with Crippen LogP contribution in [0.15, 0.2) is 76.5 Å². The van der Waals surface area contributed by atoms with Crippen molar-refractivity contribution in [1.82, 2.24) is 14.1 Å². The number of rotatable bonds is 6. The quantitative estimate of drug-likeness (QED) is 0.455. The number of anilines is 1. The van der Waals surface area contributed by atoms with E-state index in [9.17, 15) is 27.9 Å². The van der Waals surface area contributed by atoms with Gasteiger partial charge in [-0.25, -0.2) is 9.36 Å². The number of hydrogen-bond donors (Lipinski definition) is 2. The molecule has 0 spiro atoms. The first kappa shape index (κ1) is 21.7. The van der Waals surface area contributed by atoms with Crippen LogP contribution < -0.4 is 15.7 Å². The summed E-state index contributed by atoms with van der Waals surface area (Å²) in [6.07, 6.45) is 0.544. The minimum absolute atomic E-state index is 0.0368. The Bertz CT molecular complexity index is 1330. The number of carbonyl (C=O) groups is 1. The number of halogens is 3. The molecule has 4 rings (SSSR count). The molecule has 9 nitrogen and oxygen atoms in total. The van der Waals surface area contributed by atoms with Crippen LogP contribution in [-0.4, -0.2) is 31.5 Å². The van der Waals surface area contributed by atoms with E-state index >= 15 is 0 Å². The van der Waals surface area contributed by atoms with E-state index in [4.69, 9.17) is 4.42 Å². The van der Waals surface area contributed by atoms with Crippen molar-refractivity contribution in [2.75, 3.05) is 5.32 Å². The van der Waals surface area contributed by atoms with Crippen molar-refractivity contribution in [3.63, 3.8) is 0 Å². The van der Waals surface area contributed by atoms with Crippen molar-refractivity contribution in [2.24, 2.45) is 0 Å². The molecule has 3 aromatic heterocycles. The Kier molecular flexibility index (Phi) is 5.65. The molecule has 4 aromatic rings. The first-order chi connectivity index (χ1) is 15.7. The topological polar surface area (TPSA) is 112 Å². The SMILES string of the molecule is O=C(Nc1cnccc1Cn1cc(O)n(-c2ccc(OC(F)(F)F)cc2)c1=O)c1ccco1. The van der Waals surface area contributed by atoms with Gasteiger partial charge in [0.15, 0.2) is 5.76 Å². The molecule has 33 heavy (non-hydrogen) atoms. The summed E-state index contributed by atoms with van der Waals surface area (Å²) in [5, 5.41) is 12.9. The molecule has 170 valence electrons. The molecule has 2 N–H and O–H groups in total. The number of nitrogens with one attached hydrogen (secondary N) is 1. The normalized spacial score (nSPS) is 11.4. The second-order valence-electron chi connectivity index (χ2n) is 6.74. The predicted octanol–water partition coefficient (Wildman–Crippen LogP) is 3.53. The number of aromatic hydroxyl groups is 1. The summed E-state index contributed by atoms with van der Waals surface area (Å²) in [5.41, 5.74) is 0.314. The minimum Gasteiger partial charge on any atom is -0.493 e. The Labute approximate surface area is 183 Å². The van der Waals surface area contributed by atoms with Gasteiger partial charge in [0.1, 0.15) is 5.75 Å². The van der Waals surface area contributed by atoms with Crippen LogP contribution >= 0.6 is 0 Å². The first-order valence-corrected chi connectivity index (χ1v) is 9.36. The fraction of sp³-hybridized carbons (Fsp3) is 0.0952. The molecular weight excluding hydrogens is 445 g/mol. The molecular formula is C21H15F3N4O5. The van der Waals surface area contributed by atoms with Gasteiger partial charge in [-0.3, -0.25) is 14.3 Å². The molecule has 0 saturated carbocycles. The zero-order chi connectivity index (χ0) is 23.6. The van der Waals surface area contributed by atoms with Crippen LogP contribution in [0.25, 0.3) is 5.69 Å². The van der Waals surface area contributed by atoms with Gasteiger partial charge in [0.25, 0.3) is 5.91 Å². The lowest BCUT2D eigenvalue weighted by molar-refractivity contribution is -0.274. The van der Waals surface area contributed by atoms with E-state index in [1.54, 1.807) is 12.1 Å². The van der Waals surface area contributed by atoms with Crippen LogP contribution in [0.5, 0.6) is 11.6 Å². The number of carbonyl (C=O) groups excluding carboxylic acids is 1. The summed E-state index contributed by atoms with van der Waals surface area (Å²) < 4.78 is 48.0. The molecule has 12 heteroatoms. The highest BCUT2D eigenvalue weighted by atomic mass is 19.4. The van der Waals surface area contributed by atoms with Crippen LogP contribution in [0.4, 0.5) is 18.9 Å². The summed E-state index contributed by atoms with van der Waals surface area (Å²) in [7, 11) is 0. The zero-order valence-corrected chi connectivity index (χ0v) is 16.6. The van der Waals surface area contributed by atoms with Crippen LogP contribution in [0, 0.1) is 0 Å². The number of imidazole rings is 1. The maximum absolute atomic E-state index is 12.9. The second kappa shape index (κ2) is 8.57. The van der Waals surface area contributed by atoms with Crippen molar-refractivity contribution in [3.05, 3.63) is 89.1 Å². The van der Waals surface area contributed by atoms with Crippen molar-refractivity contribution >= 4 is 11.6 Å². The summed E-state index contributed by atoms with van der Waals surface area (Å²) in [6.45, 7) is -0.0368. The standard InChI is InChI=1S/C21H15F3N4O5/c22-21(23,24)33-15-5-3-14(4-6-15)28-18(29)12-27(20(28)31)11-13-7-8-25-10-16(13)26-19(30)17-2-1-9-32-17/h1-10,12,29H,11H2,(H,26,30). The van der Waals surface area contributed by atoms with Gasteiger partial charge in [-0.15, -0.1) is 13.2 Å². The molecule has 0 bridgehead atoms. The van der Waals surface area contributed by atoms with Gasteiger partial charge in [-0.05, 0) is 48.0 Å². The predicted molar refractivity (Wildman–Crippen MR) is 108 cm³/mol. The molecule has 0 aliphatic rings. The van der Waals surface area contributed by atoms with Crippen molar-refractivity contribution in [3.8, 4) is 17.3 Å². The lowest BCUT2D eigenvalue weighted by Crippen LogP contribution is -2.24. The average Bonchev–Trinajstić information content (AvgIpc) is 3.38. The summed E-state index contributed by atoms with van der Waals surface area (Å²) in [4.78, 5) is 29.1. The van der Waals surface area contributed by atoms with E-state index < -0.39 is 29.6 Å². The summed E-state index contributed by atoms with van der Waals surface area (Å²) in [6, 6.07) is 9.09. The van der Waals surface area contributed by atoms with Gasteiger partial charge in [0, 0.05) is 6.20 Å². The number of pyridine rings is 1. The minimum atomic E-state index is -4.85. The number of hydrogen-bond acceptors (Lipinski definition) is 6. The smallest absolute Gasteiger partial charge is 0.493 e. The largest absolute Gasteiger partial charge is 0.573 e. The van der Waals surface area contributed by atoms with Crippen LogP contribution in [-0.2, 0) is 6.54 Å².